The molecule has 4 unspecified atom stereocenters. The minimum atomic E-state index is -2.00. The second-order valence-electron chi connectivity index (χ2n) is 3.03. The summed E-state index contributed by atoms with van der Waals surface area (Å²) in [5.74, 6) is -3.59. The van der Waals surface area contributed by atoms with Crippen LogP contribution in [-0.2, 0) is 9.59 Å². The van der Waals surface area contributed by atoms with E-state index in [9.17, 15) is 19.8 Å². The second kappa shape index (κ2) is 13.0. The molecule has 0 aliphatic rings. The number of rotatable bonds is 6. The predicted octanol–water partition coefficient (Wildman–Crippen LogP) is -7.48. The van der Waals surface area contributed by atoms with Crippen molar-refractivity contribution in [1.82, 2.24) is 0 Å². The summed E-state index contributed by atoms with van der Waals surface area (Å²) >= 11 is 0. The van der Waals surface area contributed by atoms with E-state index in [4.69, 9.17) is 30.6 Å². The summed E-state index contributed by atoms with van der Waals surface area (Å²) in [5, 5.41) is 68.8. The average Bonchev–Trinajstić information content (AvgIpc) is 2.35. The number of carbonyl (C=O) groups excluding carboxylic acids is 2. The molecule has 19 heavy (non-hydrogen) atoms. The maximum absolute atomic E-state index is 9.67. The first-order chi connectivity index (χ1) is 8.18. The fraction of sp³-hybridized carbons (Fsp3) is 0.750. The number of hydrogen-bond donors (Lipinski definition) is 6. The monoisotopic (exact) mass is 310 g/mol. The molecule has 0 saturated carbocycles. The van der Waals surface area contributed by atoms with Crippen LogP contribution in [0.1, 0.15) is 0 Å². The molecule has 11 heteroatoms. The Bertz CT molecular complexity index is 234. The first-order valence-electron chi connectivity index (χ1n) is 4.54. The third-order valence-electron chi connectivity index (χ3n) is 1.59. The van der Waals surface area contributed by atoms with Crippen LogP contribution < -0.4 is 10.2 Å². The molecular formula is C8H14CaO10. The third-order valence-corrected chi connectivity index (χ3v) is 1.59. The zero-order chi connectivity index (χ0) is 14.9. The van der Waals surface area contributed by atoms with E-state index < -0.39 is 49.6 Å². The van der Waals surface area contributed by atoms with Crippen LogP contribution in [0, 0.1) is 0 Å². The molecule has 0 aliphatic carbocycles. The summed E-state index contributed by atoms with van der Waals surface area (Å²) in [4.78, 5) is 19.3. The summed E-state index contributed by atoms with van der Waals surface area (Å²) < 4.78 is 0. The summed E-state index contributed by atoms with van der Waals surface area (Å²) in [6, 6.07) is 0. The molecule has 0 rings (SSSR count). The van der Waals surface area contributed by atoms with E-state index in [-0.39, 0.29) is 37.7 Å². The van der Waals surface area contributed by atoms with Crippen molar-refractivity contribution in [3.63, 3.8) is 0 Å². The number of aliphatic hydroxyl groups is 6. The number of aliphatic hydroxyl groups excluding tert-OH is 6. The van der Waals surface area contributed by atoms with Crippen LogP contribution in [0.2, 0.25) is 0 Å². The Labute approximate surface area is 137 Å². The van der Waals surface area contributed by atoms with E-state index in [2.05, 4.69) is 0 Å². The van der Waals surface area contributed by atoms with Gasteiger partial charge in [0.25, 0.3) is 0 Å². The number of hydrogen-bond acceptors (Lipinski definition) is 10. The minimum Gasteiger partial charge on any atom is -0.547 e. The Morgan fingerprint density at radius 1 is 0.789 bits per heavy atom. The first-order valence-corrected chi connectivity index (χ1v) is 4.54. The van der Waals surface area contributed by atoms with Crippen molar-refractivity contribution in [2.75, 3.05) is 13.2 Å². The molecule has 0 radical (unpaired) electrons. The molecule has 0 aromatic heterocycles. The SMILES string of the molecule is O=C([O-])C(O)C(O)CO.O=C([O-])C(O)C(O)CO.[Ca+2]. The van der Waals surface area contributed by atoms with E-state index in [0.29, 0.717) is 0 Å². The van der Waals surface area contributed by atoms with Crippen LogP contribution in [0.3, 0.4) is 0 Å². The Hall–Kier alpha value is -0.0403. The molecule has 108 valence electrons. The van der Waals surface area contributed by atoms with Crippen molar-refractivity contribution in [1.29, 1.82) is 0 Å². The zero-order valence-electron chi connectivity index (χ0n) is 9.75. The molecule has 4 atom stereocenters. The molecule has 0 aromatic rings. The molecule has 0 bridgehead atoms. The number of aliphatic carboxylic acids is 2. The molecule has 0 fully saturated rings. The van der Waals surface area contributed by atoms with Gasteiger partial charge in [0, 0.05) is 0 Å². The maximum Gasteiger partial charge on any atom is 2.00 e. The summed E-state index contributed by atoms with van der Waals surface area (Å²) in [6.07, 6.45) is -7.32. The topological polar surface area (TPSA) is 202 Å². The molecular weight excluding hydrogens is 296 g/mol. The van der Waals surface area contributed by atoms with Gasteiger partial charge in [-0.05, 0) is 0 Å². The number of carboxylic acids is 2. The van der Waals surface area contributed by atoms with Crippen molar-refractivity contribution in [2.24, 2.45) is 0 Å². The minimum absolute atomic E-state index is 0. The molecule has 0 aliphatic heterocycles. The van der Waals surface area contributed by atoms with Gasteiger partial charge in [-0.25, -0.2) is 0 Å². The molecule has 6 N–H and O–H groups in total. The van der Waals surface area contributed by atoms with E-state index in [0.717, 1.165) is 0 Å². The van der Waals surface area contributed by atoms with Gasteiger partial charge in [-0.15, -0.1) is 0 Å². The van der Waals surface area contributed by atoms with Crippen LogP contribution >= 0.6 is 0 Å². The summed E-state index contributed by atoms with van der Waals surface area (Å²) in [6.45, 7) is -1.59. The molecule has 10 nitrogen and oxygen atoms in total. The number of carbonyl (C=O) groups is 2. The Morgan fingerprint density at radius 2 is 1.00 bits per heavy atom. The molecule has 0 heterocycles. The average molecular weight is 310 g/mol. The number of carboxylic acid groups (broad SMARTS) is 2. The van der Waals surface area contributed by atoms with Crippen LogP contribution in [0.25, 0.3) is 0 Å². The van der Waals surface area contributed by atoms with Gasteiger partial charge >= 0.3 is 37.7 Å². The molecule has 0 amide bonds. The Balaban J connectivity index is -0.000000256. The van der Waals surface area contributed by atoms with Gasteiger partial charge in [0.1, 0.15) is 24.4 Å². The summed E-state index contributed by atoms with van der Waals surface area (Å²) in [5.41, 5.74) is 0. The molecule has 0 aromatic carbocycles. The van der Waals surface area contributed by atoms with Crippen molar-refractivity contribution in [2.45, 2.75) is 24.4 Å². The standard InChI is InChI=1S/2C4H8O5.Ca/c2*5-1-2(6)3(7)4(8)9;/h2*2-3,5-7H,1H2,(H,8,9);/q;;+2/p-2. The van der Waals surface area contributed by atoms with E-state index in [1.165, 1.54) is 0 Å². The van der Waals surface area contributed by atoms with Crippen LogP contribution in [-0.4, -0.2) is 118 Å². The first kappa shape index (κ1) is 24.0. The molecule has 0 saturated heterocycles. The fourth-order valence-corrected chi connectivity index (χ4v) is 0.514. The van der Waals surface area contributed by atoms with Crippen LogP contribution in [0.4, 0.5) is 0 Å². The van der Waals surface area contributed by atoms with Crippen LogP contribution in [0.5, 0.6) is 0 Å². The third kappa shape index (κ3) is 11.5. The van der Waals surface area contributed by atoms with Gasteiger partial charge in [0.15, 0.2) is 0 Å². The van der Waals surface area contributed by atoms with Crippen molar-refractivity contribution < 1.29 is 50.4 Å². The van der Waals surface area contributed by atoms with E-state index in [1.54, 1.807) is 0 Å². The van der Waals surface area contributed by atoms with E-state index in [1.807, 2.05) is 0 Å². The largest absolute Gasteiger partial charge is 2.00 e. The summed E-state index contributed by atoms with van der Waals surface area (Å²) in [7, 11) is 0. The van der Waals surface area contributed by atoms with E-state index >= 15 is 0 Å². The van der Waals surface area contributed by atoms with Gasteiger partial charge in [0.05, 0.1) is 25.2 Å². The van der Waals surface area contributed by atoms with Gasteiger partial charge in [0.2, 0.25) is 0 Å². The fourth-order valence-electron chi connectivity index (χ4n) is 0.514. The maximum atomic E-state index is 9.67. The Kier molecular flexibility index (Phi) is 16.4. The Morgan fingerprint density at radius 3 is 1.05 bits per heavy atom. The zero-order valence-corrected chi connectivity index (χ0v) is 12.0. The van der Waals surface area contributed by atoms with Crippen molar-refractivity contribution >= 4 is 49.7 Å². The molecule has 0 spiro atoms. The van der Waals surface area contributed by atoms with Gasteiger partial charge in [-0.2, -0.15) is 0 Å². The van der Waals surface area contributed by atoms with Crippen molar-refractivity contribution in [3.05, 3.63) is 0 Å². The quantitative estimate of drug-likeness (QED) is 0.256. The smallest absolute Gasteiger partial charge is 0.547 e. The second-order valence-corrected chi connectivity index (χ2v) is 3.03. The van der Waals surface area contributed by atoms with Crippen molar-refractivity contribution in [3.8, 4) is 0 Å². The van der Waals surface area contributed by atoms with Gasteiger partial charge < -0.3 is 50.4 Å². The van der Waals surface area contributed by atoms with Gasteiger partial charge in [-0.3, -0.25) is 0 Å². The normalized spacial score (nSPS) is 15.9. The van der Waals surface area contributed by atoms with Crippen LogP contribution in [0.15, 0.2) is 0 Å². The predicted molar refractivity (Wildman–Crippen MR) is 54.0 cm³/mol. The van der Waals surface area contributed by atoms with Gasteiger partial charge in [-0.1, -0.05) is 0 Å².